The van der Waals surface area contributed by atoms with E-state index in [0.717, 1.165) is 17.9 Å². The Bertz CT molecular complexity index is 888. The fourth-order valence-corrected chi connectivity index (χ4v) is 3.02. The summed E-state index contributed by atoms with van der Waals surface area (Å²) in [5.41, 5.74) is 2.11. The zero-order valence-corrected chi connectivity index (χ0v) is 16.2. The second-order valence-electron chi connectivity index (χ2n) is 7.23. The lowest BCUT2D eigenvalue weighted by molar-refractivity contribution is -0.949. The van der Waals surface area contributed by atoms with Gasteiger partial charge in [-0.25, -0.2) is 4.39 Å². The molecule has 28 heavy (non-hydrogen) atoms. The van der Waals surface area contributed by atoms with Gasteiger partial charge < -0.3 is 14.6 Å². The fraction of sp³-hybridized carbons (Fsp3) is 0.261. The number of halogens is 1. The van der Waals surface area contributed by atoms with E-state index in [2.05, 4.69) is 31.3 Å². The molecule has 0 saturated carbocycles. The maximum atomic E-state index is 12.9. The largest absolute Gasteiger partial charge is 0.450 e. The molecule has 1 heterocycles. The van der Waals surface area contributed by atoms with Gasteiger partial charge in [-0.05, 0) is 43.7 Å². The summed E-state index contributed by atoms with van der Waals surface area (Å²) in [5, 5.41) is 2.80. The van der Waals surface area contributed by atoms with Crippen LogP contribution in [0.1, 0.15) is 41.3 Å². The first-order chi connectivity index (χ1) is 13.5. The van der Waals surface area contributed by atoms with Crippen LogP contribution in [0.25, 0.3) is 0 Å². The molecule has 0 aliphatic carbocycles. The lowest BCUT2D eigenvalue weighted by Crippen LogP contribution is -3.12. The van der Waals surface area contributed by atoms with Crippen molar-refractivity contribution in [2.45, 2.75) is 39.5 Å². The van der Waals surface area contributed by atoms with Crippen molar-refractivity contribution in [1.82, 2.24) is 5.32 Å². The number of quaternary nitrogens is 1. The average Bonchev–Trinajstić information content (AvgIpc) is 3.16. The Morgan fingerprint density at radius 3 is 2.36 bits per heavy atom. The molecular formula is C23H26FN2O2+. The first kappa shape index (κ1) is 19.8. The molecule has 1 aromatic heterocycles. The number of rotatable bonds is 8. The van der Waals surface area contributed by atoms with Crippen LogP contribution in [0.5, 0.6) is 0 Å². The van der Waals surface area contributed by atoms with Crippen molar-refractivity contribution in [1.29, 1.82) is 0 Å². The second kappa shape index (κ2) is 9.33. The molecule has 0 fully saturated rings. The molecule has 0 saturated heterocycles. The third-order valence-corrected chi connectivity index (χ3v) is 4.74. The topological polar surface area (TPSA) is 46.7 Å². The zero-order valence-electron chi connectivity index (χ0n) is 16.2. The van der Waals surface area contributed by atoms with Crippen LogP contribution < -0.4 is 10.2 Å². The van der Waals surface area contributed by atoms with E-state index in [1.54, 1.807) is 18.2 Å². The molecule has 3 aromatic rings. The van der Waals surface area contributed by atoms with E-state index in [0.29, 0.717) is 24.9 Å². The Hall–Kier alpha value is -2.92. The third kappa shape index (κ3) is 5.54. The van der Waals surface area contributed by atoms with Crippen LogP contribution in [0.4, 0.5) is 4.39 Å². The van der Waals surface area contributed by atoms with Gasteiger partial charge in [0.25, 0.3) is 5.91 Å². The molecule has 2 aromatic carbocycles. The number of furan rings is 1. The quantitative estimate of drug-likeness (QED) is 0.629. The van der Waals surface area contributed by atoms with Gasteiger partial charge >= 0.3 is 0 Å². The smallest absolute Gasteiger partial charge is 0.287 e. The predicted molar refractivity (Wildman–Crippen MR) is 106 cm³/mol. The van der Waals surface area contributed by atoms with E-state index in [1.165, 1.54) is 22.6 Å². The first-order valence-corrected chi connectivity index (χ1v) is 9.51. The van der Waals surface area contributed by atoms with Crippen LogP contribution in [-0.4, -0.2) is 11.9 Å². The highest BCUT2D eigenvalue weighted by atomic mass is 19.1. The molecule has 0 spiro atoms. The second-order valence-corrected chi connectivity index (χ2v) is 7.23. The lowest BCUT2D eigenvalue weighted by atomic mass is 10.2. The molecule has 1 unspecified atom stereocenters. The highest BCUT2D eigenvalue weighted by Crippen LogP contribution is 2.09. The van der Waals surface area contributed by atoms with Crippen LogP contribution in [-0.2, 0) is 19.6 Å². The SMILES string of the molecule is CC(C)[NH+](Cc1ccccc1)Cc1ccc(C(=O)NCc2ccc(F)cc2)o1. The van der Waals surface area contributed by atoms with Crippen LogP contribution in [0.15, 0.2) is 71.1 Å². The summed E-state index contributed by atoms with van der Waals surface area (Å²) < 4.78 is 18.7. The Morgan fingerprint density at radius 1 is 0.964 bits per heavy atom. The van der Waals surface area contributed by atoms with E-state index in [1.807, 2.05) is 24.3 Å². The Morgan fingerprint density at radius 2 is 1.68 bits per heavy atom. The van der Waals surface area contributed by atoms with Gasteiger partial charge in [0, 0.05) is 12.1 Å². The first-order valence-electron chi connectivity index (χ1n) is 9.51. The molecule has 0 bridgehead atoms. The Kier molecular flexibility index (Phi) is 6.61. The van der Waals surface area contributed by atoms with Gasteiger partial charge in [-0.3, -0.25) is 4.79 Å². The minimum absolute atomic E-state index is 0.273. The summed E-state index contributed by atoms with van der Waals surface area (Å²) in [6.07, 6.45) is 0. The van der Waals surface area contributed by atoms with Gasteiger partial charge in [-0.15, -0.1) is 0 Å². The molecular weight excluding hydrogens is 355 g/mol. The van der Waals surface area contributed by atoms with Crippen LogP contribution in [0, 0.1) is 5.82 Å². The number of nitrogens with one attached hydrogen (secondary N) is 2. The minimum Gasteiger partial charge on any atom is -0.450 e. The summed E-state index contributed by atoms with van der Waals surface area (Å²) in [6.45, 7) is 6.28. The summed E-state index contributed by atoms with van der Waals surface area (Å²) in [4.78, 5) is 13.7. The van der Waals surface area contributed by atoms with Crippen LogP contribution in [0.3, 0.4) is 0 Å². The third-order valence-electron chi connectivity index (χ3n) is 4.74. The average molecular weight is 381 g/mol. The van der Waals surface area contributed by atoms with Gasteiger partial charge in [0.15, 0.2) is 11.5 Å². The highest BCUT2D eigenvalue weighted by Gasteiger charge is 2.18. The van der Waals surface area contributed by atoms with E-state index in [4.69, 9.17) is 4.42 Å². The van der Waals surface area contributed by atoms with Crippen LogP contribution in [0.2, 0.25) is 0 Å². The number of carbonyl (C=O) groups excluding carboxylic acids is 1. The van der Waals surface area contributed by atoms with Crippen molar-refractivity contribution in [2.75, 3.05) is 0 Å². The fourth-order valence-electron chi connectivity index (χ4n) is 3.02. The van der Waals surface area contributed by atoms with Gasteiger partial charge in [0.2, 0.25) is 0 Å². The summed E-state index contributed by atoms with van der Waals surface area (Å²) in [7, 11) is 0. The molecule has 3 rings (SSSR count). The normalized spacial score (nSPS) is 12.1. The van der Waals surface area contributed by atoms with Crippen molar-refractivity contribution in [3.63, 3.8) is 0 Å². The van der Waals surface area contributed by atoms with E-state index < -0.39 is 0 Å². The molecule has 0 aliphatic rings. The van der Waals surface area contributed by atoms with Crippen molar-refractivity contribution in [2.24, 2.45) is 0 Å². The van der Waals surface area contributed by atoms with Crippen molar-refractivity contribution < 1.29 is 18.5 Å². The summed E-state index contributed by atoms with van der Waals surface area (Å²) >= 11 is 0. The molecule has 0 aliphatic heterocycles. The predicted octanol–water partition coefficient (Wildman–Crippen LogP) is 3.34. The Balaban J connectivity index is 1.58. The molecule has 5 heteroatoms. The Labute approximate surface area is 165 Å². The summed E-state index contributed by atoms with van der Waals surface area (Å²) in [5.74, 6) is 0.509. The molecule has 146 valence electrons. The number of carbonyl (C=O) groups is 1. The number of hydrogen-bond donors (Lipinski definition) is 2. The van der Waals surface area contributed by atoms with Crippen molar-refractivity contribution in [3.05, 3.63) is 95.2 Å². The number of amides is 1. The standard InChI is InChI=1S/C23H25FN2O2/c1-17(2)26(15-19-6-4-3-5-7-19)16-21-12-13-22(28-21)23(27)25-14-18-8-10-20(24)11-9-18/h3-13,17H,14-16H2,1-2H3,(H,25,27)/p+1. The molecule has 0 radical (unpaired) electrons. The van der Waals surface area contributed by atoms with Crippen LogP contribution >= 0.6 is 0 Å². The van der Waals surface area contributed by atoms with Gasteiger partial charge in [0.05, 0.1) is 6.04 Å². The van der Waals surface area contributed by atoms with Crippen molar-refractivity contribution in [3.8, 4) is 0 Å². The maximum Gasteiger partial charge on any atom is 0.287 e. The van der Waals surface area contributed by atoms with E-state index >= 15 is 0 Å². The molecule has 4 nitrogen and oxygen atoms in total. The summed E-state index contributed by atoms with van der Waals surface area (Å²) in [6, 6.07) is 20.4. The van der Waals surface area contributed by atoms with E-state index in [-0.39, 0.29) is 11.7 Å². The molecule has 1 atom stereocenters. The van der Waals surface area contributed by atoms with Gasteiger partial charge in [-0.1, -0.05) is 42.5 Å². The highest BCUT2D eigenvalue weighted by molar-refractivity contribution is 5.91. The molecule has 1 amide bonds. The van der Waals surface area contributed by atoms with Gasteiger partial charge in [0.1, 0.15) is 18.9 Å². The number of benzene rings is 2. The monoisotopic (exact) mass is 381 g/mol. The van der Waals surface area contributed by atoms with Crippen molar-refractivity contribution >= 4 is 5.91 Å². The minimum atomic E-state index is -0.293. The number of hydrogen-bond acceptors (Lipinski definition) is 2. The molecule has 2 N–H and O–H groups in total. The zero-order chi connectivity index (χ0) is 19.9. The van der Waals surface area contributed by atoms with E-state index in [9.17, 15) is 9.18 Å². The maximum absolute atomic E-state index is 12.9. The lowest BCUT2D eigenvalue weighted by Gasteiger charge is -2.22. The van der Waals surface area contributed by atoms with Gasteiger partial charge in [-0.2, -0.15) is 0 Å².